The lowest BCUT2D eigenvalue weighted by atomic mass is 10.3. The molecule has 0 heterocycles. The van der Waals surface area contributed by atoms with E-state index in [0.717, 1.165) is 0 Å². The molecule has 1 unspecified atom stereocenters. The van der Waals surface area contributed by atoms with Gasteiger partial charge in [-0.25, -0.2) is 0 Å². The second kappa shape index (κ2) is 4.02. The number of hydrogen-bond donors (Lipinski definition) is 0. The molecule has 0 amide bonds. The van der Waals surface area contributed by atoms with E-state index < -0.39 is 11.1 Å². The van der Waals surface area contributed by atoms with Crippen molar-refractivity contribution < 1.29 is 13.5 Å². The first-order chi connectivity index (χ1) is 5.65. The Balaban J connectivity index is 3.21. The molecule has 0 fully saturated rings. The van der Waals surface area contributed by atoms with E-state index >= 15 is 0 Å². The first-order valence-electron chi connectivity index (χ1n) is 3.08. The van der Waals surface area contributed by atoms with Gasteiger partial charge in [0.2, 0.25) is 0 Å². The number of methoxy groups -OCH3 is 1. The van der Waals surface area contributed by atoms with Crippen LogP contribution >= 0.6 is 15.9 Å². The highest BCUT2D eigenvalue weighted by atomic mass is 79.9. The molecule has 0 radical (unpaired) electrons. The van der Waals surface area contributed by atoms with Crippen molar-refractivity contribution in [3.63, 3.8) is 0 Å². The van der Waals surface area contributed by atoms with Crippen LogP contribution in [0, 0.1) is 0 Å². The SMILES string of the molecule is COc1ccc(Br)cc1S(=O)[O-]. The summed E-state index contributed by atoms with van der Waals surface area (Å²) >= 11 is 0.909. The van der Waals surface area contributed by atoms with Crippen molar-refractivity contribution in [3.8, 4) is 5.75 Å². The Labute approximate surface area is 81.2 Å². The minimum atomic E-state index is -2.26. The van der Waals surface area contributed by atoms with Crippen LogP contribution < -0.4 is 4.74 Å². The summed E-state index contributed by atoms with van der Waals surface area (Å²) in [7, 11) is 1.43. The van der Waals surface area contributed by atoms with E-state index in [1.165, 1.54) is 13.2 Å². The van der Waals surface area contributed by atoms with Crippen LogP contribution in [0.5, 0.6) is 5.75 Å². The first-order valence-corrected chi connectivity index (χ1v) is 4.94. The van der Waals surface area contributed by atoms with E-state index in [9.17, 15) is 8.76 Å². The van der Waals surface area contributed by atoms with Crippen LogP contribution in [0.1, 0.15) is 0 Å². The second-order valence-corrected chi connectivity index (χ2v) is 3.85. The van der Waals surface area contributed by atoms with E-state index in [1.807, 2.05) is 0 Å². The molecule has 0 spiro atoms. The third-order valence-corrected chi connectivity index (χ3v) is 2.48. The fourth-order valence-electron chi connectivity index (χ4n) is 0.781. The standard InChI is InChI=1S/C7H7BrO3S/c1-11-6-3-2-5(8)4-7(6)12(9)10/h2-4H,1H3,(H,9,10)/p-1. The molecule has 0 aliphatic rings. The van der Waals surface area contributed by atoms with Gasteiger partial charge in [0.1, 0.15) is 5.75 Å². The topological polar surface area (TPSA) is 49.4 Å². The van der Waals surface area contributed by atoms with Crippen molar-refractivity contribution in [1.82, 2.24) is 0 Å². The molecule has 1 rings (SSSR count). The Morgan fingerprint density at radius 3 is 2.75 bits per heavy atom. The highest BCUT2D eigenvalue weighted by molar-refractivity contribution is 9.10. The lowest BCUT2D eigenvalue weighted by Crippen LogP contribution is -1.94. The number of halogens is 1. The molecule has 66 valence electrons. The van der Waals surface area contributed by atoms with Gasteiger partial charge >= 0.3 is 0 Å². The Kier molecular flexibility index (Phi) is 3.25. The molecule has 0 aliphatic carbocycles. The molecule has 0 bridgehead atoms. The maximum atomic E-state index is 10.6. The average molecular weight is 250 g/mol. The van der Waals surface area contributed by atoms with Crippen LogP contribution in [0.2, 0.25) is 0 Å². The van der Waals surface area contributed by atoms with Gasteiger partial charge in [-0.1, -0.05) is 15.9 Å². The molecule has 1 aromatic carbocycles. The smallest absolute Gasteiger partial charge is 0.133 e. The lowest BCUT2D eigenvalue weighted by Gasteiger charge is -2.10. The highest BCUT2D eigenvalue weighted by Gasteiger charge is 2.02. The normalized spacial score (nSPS) is 12.6. The molecule has 0 saturated heterocycles. The minimum absolute atomic E-state index is 0.159. The first kappa shape index (κ1) is 9.70. The molecular weight excluding hydrogens is 244 g/mol. The van der Waals surface area contributed by atoms with Crippen LogP contribution in [0.4, 0.5) is 0 Å². The molecule has 0 aliphatic heterocycles. The number of rotatable bonds is 2. The van der Waals surface area contributed by atoms with Crippen LogP contribution in [-0.2, 0) is 11.1 Å². The summed E-state index contributed by atoms with van der Waals surface area (Å²) in [6.07, 6.45) is 0. The predicted molar refractivity (Wildman–Crippen MR) is 47.9 cm³/mol. The summed E-state index contributed by atoms with van der Waals surface area (Å²) in [5.74, 6) is 0.353. The van der Waals surface area contributed by atoms with Gasteiger partial charge in [-0.05, 0) is 29.3 Å². The van der Waals surface area contributed by atoms with Crippen LogP contribution in [0.15, 0.2) is 27.6 Å². The molecule has 1 atom stereocenters. The van der Waals surface area contributed by atoms with Crippen LogP contribution in [0.25, 0.3) is 0 Å². The zero-order chi connectivity index (χ0) is 9.14. The maximum absolute atomic E-state index is 10.6. The maximum Gasteiger partial charge on any atom is 0.133 e. The van der Waals surface area contributed by atoms with Gasteiger partial charge in [0.25, 0.3) is 0 Å². The molecular formula is C7H6BrO3S-. The molecule has 3 nitrogen and oxygen atoms in total. The number of ether oxygens (including phenoxy) is 1. The molecule has 0 saturated carbocycles. The van der Waals surface area contributed by atoms with E-state index in [-0.39, 0.29) is 4.90 Å². The van der Waals surface area contributed by atoms with Crippen molar-refractivity contribution in [2.75, 3.05) is 7.11 Å². The summed E-state index contributed by atoms with van der Waals surface area (Å²) in [6, 6.07) is 4.80. The number of hydrogen-bond acceptors (Lipinski definition) is 3. The summed E-state index contributed by atoms with van der Waals surface area (Å²) in [5, 5.41) is 0. The van der Waals surface area contributed by atoms with Crippen LogP contribution in [-0.4, -0.2) is 15.9 Å². The molecule has 0 N–H and O–H groups in total. The van der Waals surface area contributed by atoms with Gasteiger partial charge in [-0.2, -0.15) is 0 Å². The van der Waals surface area contributed by atoms with Gasteiger partial charge < -0.3 is 9.29 Å². The van der Waals surface area contributed by atoms with E-state index in [0.29, 0.717) is 10.2 Å². The van der Waals surface area contributed by atoms with Gasteiger partial charge in [-0.3, -0.25) is 4.21 Å². The summed E-state index contributed by atoms with van der Waals surface area (Å²) < 4.78 is 26.8. The molecule has 5 heteroatoms. The fourth-order valence-corrected chi connectivity index (χ4v) is 1.83. The zero-order valence-electron chi connectivity index (χ0n) is 6.24. The Morgan fingerprint density at radius 1 is 1.58 bits per heavy atom. The molecule has 0 aromatic heterocycles. The van der Waals surface area contributed by atoms with Gasteiger partial charge in [0.05, 0.1) is 12.0 Å². The Morgan fingerprint density at radius 2 is 2.25 bits per heavy atom. The van der Waals surface area contributed by atoms with Crippen molar-refractivity contribution >= 4 is 27.0 Å². The van der Waals surface area contributed by atoms with Crippen molar-refractivity contribution in [2.24, 2.45) is 0 Å². The van der Waals surface area contributed by atoms with Gasteiger partial charge in [0.15, 0.2) is 0 Å². The van der Waals surface area contributed by atoms with Gasteiger partial charge in [0, 0.05) is 4.47 Å². The lowest BCUT2D eigenvalue weighted by molar-refractivity contribution is 0.401. The zero-order valence-corrected chi connectivity index (χ0v) is 8.65. The largest absolute Gasteiger partial charge is 0.768 e. The third-order valence-electron chi connectivity index (χ3n) is 1.31. The number of benzene rings is 1. The quantitative estimate of drug-likeness (QED) is 0.750. The minimum Gasteiger partial charge on any atom is -0.768 e. The summed E-state index contributed by atoms with van der Waals surface area (Å²) in [6.45, 7) is 0. The average Bonchev–Trinajstić information content (AvgIpc) is 2.04. The second-order valence-electron chi connectivity index (χ2n) is 2.03. The van der Waals surface area contributed by atoms with Gasteiger partial charge in [-0.15, -0.1) is 0 Å². The van der Waals surface area contributed by atoms with E-state index in [2.05, 4.69) is 15.9 Å². The van der Waals surface area contributed by atoms with Crippen molar-refractivity contribution in [1.29, 1.82) is 0 Å². The summed E-state index contributed by atoms with van der Waals surface area (Å²) in [5.41, 5.74) is 0. The van der Waals surface area contributed by atoms with Crippen molar-refractivity contribution in [3.05, 3.63) is 22.7 Å². The monoisotopic (exact) mass is 249 g/mol. The molecule has 1 aromatic rings. The van der Waals surface area contributed by atoms with Crippen LogP contribution in [0.3, 0.4) is 0 Å². The highest BCUT2D eigenvalue weighted by Crippen LogP contribution is 2.24. The van der Waals surface area contributed by atoms with E-state index in [4.69, 9.17) is 4.74 Å². The van der Waals surface area contributed by atoms with E-state index in [1.54, 1.807) is 12.1 Å². The Bertz CT molecular complexity index is 314. The fraction of sp³-hybridized carbons (Fsp3) is 0.143. The third kappa shape index (κ3) is 2.06. The predicted octanol–water partition coefficient (Wildman–Crippen LogP) is 1.70. The molecule has 12 heavy (non-hydrogen) atoms. The summed E-state index contributed by atoms with van der Waals surface area (Å²) in [4.78, 5) is 0.159. The Hall–Kier alpha value is -0.390. The van der Waals surface area contributed by atoms with Crippen molar-refractivity contribution in [2.45, 2.75) is 4.90 Å².